The Hall–Kier alpha value is -3.18. The molecule has 0 aliphatic rings. The van der Waals surface area contributed by atoms with E-state index < -0.39 is 5.97 Å². The number of aromatic carboxylic acids is 1. The second kappa shape index (κ2) is 5.64. The van der Waals surface area contributed by atoms with Crippen LogP contribution in [0.2, 0.25) is 0 Å². The van der Waals surface area contributed by atoms with E-state index in [1.807, 2.05) is 0 Å². The molecule has 0 radical (unpaired) electrons. The summed E-state index contributed by atoms with van der Waals surface area (Å²) in [4.78, 5) is 13.8. The van der Waals surface area contributed by atoms with Crippen molar-refractivity contribution >= 4 is 23.0 Å². The normalized spacial score (nSPS) is 9.60. The van der Waals surface area contributed by atoms with Crippen molar-refractivity contribution in [2.24, 2.45) is 5.11 Å². The molecule has 0 aromatic heterocycles. The Morgan fingerprint density at radius 2 is 1.90 bits per heavy atom. The second-order valence-corrected chi connectivity index (χ2v) is 3.90. The van der Waals surface area contributed by atoms with Gasteiger partial charge in [0.1, 0.15) is 5.75 Å². The Balaban J connectivity index is 2.37. The molecule has 3 N–H and O–H groups in total. The van der Waals surface area contributed by atoms with Crippen LogP contribution in [0.15, 0.2) is 47.6 Å². The van der Waals surface area contributed by atoms with Crippen molar-refractivity contribution in [2.45, 2.75) is 0 Å². The Labute approximate surface area is 113 Å². The number of carboxylic acids is 1. The van der Waals surface area contributed by atoms with Crippen molar-refractivity contribution < 1.29 is 15.0 Å². The fourth-order valence-electron chi connectivity index (χ4n) is 1.63. The van der Waals surface area contributed by atoms with Gasteiger partial charge in [-0.25, -0.2) is 4.79 Å². The first-order valence-electron chi connectivity index (χ1n) is 5.58. The SMILES string of the molecule is [N-]=[N+]=Nc1ccc(Nc2ccc(O)cc2)c(C(=O)O)c1. The first-order valence-corrected chi connectivity index (χ1v) is 5.58. The number of phenols is 1. The quantitative estimate of drug-likeness (QED) is 0.339. The minimum Gasteiger partial charge on any atom is -0.508 e. The highest BCUT2D eigenvalue weighted by Gasteiger charge is 2.11. The number of hydrogen-bond acceptors (Lipinski definition) is 4. The fraction of sp³-hybridized carbons (Fsp3) is 0. The van der Waals surface area contributed by atoms with Gasteiger partial charge in [0.25, 0.3) is 0 Å². The van der Waals surface area contributed by atoms with Crippen molar-refractivity contribution in [1.82, 2.24) is 0 Å². The lowest BCUT2D eigenvalue weighted by Gasteiger charge is -2.10. The van der Waals surface area contributed by atoms with E-state index in [-0.39, 0.29) is 17.0 Å². The van der Waals surface area contributed by atoms with Crippen LogP contribution in [0.3, 0.4) is 0 Å². The van der Waals surface area contributed by atoms with Crippen LogP contribution in [0.4, 0.5) is 17.1 Å². The van der Waals surface area contributed by atoms with Crippen LogP contribution in [-0.2, 0) is 0 Å². The number of benzene rings is 2. The number of aromatic hydroxyl groups is 1. The van der Waals surface area contributed by atoms with Crippen molar-refractivity contribution in [3.05, 3.63) is 58.5 Å². The maximum atomic E-state index is 11.2. The maximum Gasteiger partial charge on any atom is 0.337 e. The van der Waals surface area contributed by atoms with Gasteiger partial charge in [-0.05, 0) is 41.9 Å². The summed E-state index contributed by atoms with van der Waals surface area (Å²) in [5.74, 6) is -1.02. The van der Waals surface area contributed by atoms with Crippen LogP contribution in [0.5, 0.6) is 5.75 Å². The van der Waals surface area contributed by atoms with E-state index in [1.165, 1.54) is 30.3 Å². The predicted molar refractivity (Wildman–Crippen MR) is 73.6 cm³/mol. The standard InChI is InChI=1S/C13H10N4O3/c14-17-16-9-3-6-12(11(7-9)13(19)20)15-8-1-4-10(18)5-2-8/h1-7,15,18H,(H,19,20). The molecule has 7 nitrogen and oxygen atoms in total. The van der Waals surface area contributed by atoms with Gasteiger partial charge in [0.2, 0.25) is 0 Å². The molecule has 0 amide bonds. The minimum atomic E-state index is -1.14. The number of carbonyl (C=O) groups is 1. The smallest absolute Gasteiger partial charge is 0.337 e. The summed E-state index contributed by atoms with van der Waals surface area (Å²) in [6, 6.07) is 10.5. The van der Waals surface area contributed by atoms with E-state index in [4.69, 9.17) is 10.6 Å². The molecule has 7 heteroatoms. The zero-order chi connectivity index (χ0) is 14.5. The van der Waals surface area contributed by atoms with E-state index in [9.17, 15) is 9.90 Å². The number of phenolic OH excluding ortho intramolecular Hbond substituents is 1. The molecule has 0 saturated heterocycles. The number of nitrogens with zero attached hydrogens (tertiary/aromatic N) is 3. The Morgan fingerprint density at radius 1 is 1.20 bits per heavy atom. The van der Waals surface area contributed by atoms with Crippen LogP contribution < -0.4 is 5.32 Å². The molecular weight excluding hydrogens is 260 g/mol. The zero-order valence-electron chi connectivity index (χ0n) is 10.2. The summed E-state index contributed by atoms with van der Waals surface area (Å²) in [5.41, 5.74) is 9.55. The van der Waals surface area contributed by atoms with E-state index >= 15 is 0 Å². The molecule has 0 aliphatic carbocycles. The summed E-state index contributed by atoms with van der Waals surface area (Å²) >= 11 is 0. The molecule has 100 valence electrons. The lowest BCUT2D eigenvalue weighted by molar-refractivity contribution is 0.0698. The van der Waals surface area contributed by atoms with E-state index in [1.54, 1.807) is 12.1 Å². The molecule has 0 saturated carbocycles. The molecule has 0 fully saturated rings. The minimum absolute atomic E-state index is 0.0111. The van der Waals surface area contributed by atoms with Gasteiger partial charge in [0.15, 0.2) is 0 Å². The molecule has 0 atom stereocenters. The summed E-state index contributed by atoms with van der Waals surface area (Å²) < 4.78 is 0. The van der Waals surface area contributed by atoms with Crippen LogP contribution in [0.1, 0.15) is 10.4 Å². The molecule has 2 aromatic rings. The highest BCUT2D eigenvalue weighted by atomic mass is 16.4. The third-order valence-corrected chi connectivity index (χ3v) is 2.54. The van der Waals surface area contributed by atoms with Crippen molar-refractivity contribution in [3.8, 4) is 5.75 Å². The van der Waals surface area contributed by atoms with Crippen molar-refractivity contribution in [3.63, 3.8) is 0 Å². The zero-order valence-corrected chi connectivity index (χ0v) is 10.2. The Morgan fingerprint density at radius 3 is 2.50 bits per heavy atom. The molecule has 0 aliphatic heterocycles. The number of hydrogen-bond donors (Lipinski definition) is 3. The lowest BCUT2D eigenvalue weighted by atomic mass is 10.1. The topological polar surface area (TPSA) is 118 Å². The fourth-order valence-corrected chi connectivity index (χ4v) is 1.63. The molecule has 0 bridgehead atoms. The Bertz CT molecular complexity index is 691. The molecule has 0 heterocycles. The third-order valence-electron chi connectivity index (χ3n) is 2.54. The predicted octanol–water partition coefficient (Wildman–Crippen LogP) is 3.78. The number of anilines is 2. The van der Waals surface area contributed by atoms with Crippen LogP contribution in [0.25, 0.3) is 10.4 Å². The summed E-state index contributed by atoms with van der Waals surface area (Å²) in [5, 5.41) is 24.6. The summed E-state index contributed by atoms with van der Waals surface area (Å²) in [7, 11) is 0. The summed E-state index contributed by atoms with van der Waals surface area (Å²) in [6.45, 7) is 0. The van der Waals surface area contributed by atoms with Gasteiger partial charge in [0, 0.05) is 16.3 Å². The number of nitrogens with one attached hydrogen (secondary N) is 1. The van der Waals surface area contributed by atoms with Gasteiger partial charge in [0.05, 0.1) is 11.3 Å². The van der Waals surface area contributed by atoms with Crippen molar-refractivity contribution in [1.29, 1.82) is 0 Å². The van der Waals surface area contributed by atoms with Gasteiger partial charge in [-0.1, -0.05) is 11.2 Å². The molecule has 0 spiro atoms. The van der Waals surface area contributed by atoms with Gasteiger partial charge in [-0.3, -0.25) is 0 Å². The number of azide groups is 1. The molecule has 2 aromatic carbocycles. The van der Waals surface area contributed by atoms with Gasteiger partial charge in [-0.2, -0.15) is 0 Å². The summed E-state index contributed by atoms with van der Waals surface area (Å²) in [6.07, 6.45) is 0. The molecule has 2 rings (SSSR count). The van der Waals surface area contributed by atoms with Crippen molar-refractivity contribution in [2.75, 3.05) is 5.32 Å². The van der Waals surface area contributed by atoms with E-state index in [0.29, 0.717) is 11.4 Å². The van der Waals surface area contributed by atoms with Gasteiger partial charge >= 0.3 is 5.97 Å². The molecule has 20 heavy (non-hydrogen) atoms. The molecule has 0 unspecified atom stereocenters. The number of carboxylic acid groups (broad SMARTS) is 1. The first kappa shape index (κ1) is 13.3. The monoisotopic (exact) mass is 270 g/mol. The van der Waals surface area contributed by atoms with E-state index in [0.717, 1.165) is 0 Å². The maximum absolute atomic E-state index is 11.2. The van der Waals surface area contributed by atoms with Gasteiger partial charge in [-0.15, -0.1) is 0 Å². The first-order chi connectivity index (χ1) is 9.60. The average molecular weight is 270 g/mol. The highest BCUT2D eigenvalue weighted by Crippen LogP contribution is 2.26. The van der Waals surface area contributed by atoms with E-state index in [2.05, 4.69) is 15.3 Å². The van der Waals surface area contributed by atoms with Crippen LogP contribution in [0, 0.1) is 0 Å². The third kappa shape index (κ3) is 2.98. The van der Waals surface area contributed by atoms with Crippen LogP contribution in [-0.4, -0.2) is 16.2 Å². The highest BCUT2D eigenvalue weighted by molar-refractivity contribution is 5.96. The van der Waals surface area contributed by atoms with Crippen LogP contribution >= 0.6 is 0 Å². The molecular formula is C13H10N4O3. The number of rotatable bonds is 4. The van der Waals surface area contributed by atoms with Gasteiger partial charge < -0.3 is 15.5 Å². The largest absolute Gasteiger partial charge is 0.508 e. The average Bonchev–Trinajstić information content (AvgIpc) is 2.43. The lowest BCUT2D eigenvalue weighted by Crippen LogP contribution is -2.02. The second-order valence-electron chi connectivity index (χ2n) is 3.90. The Kier molecular flexibility index (Phi) is 3.74.